The summed E-state index contributed by atoms with van der Waals surface area (Å²) in [5.41, 5.74) is -2.06. The Hall–Kier alpha value is -5.37. The summed E-state index contributed by atoms with van der Waals surface area (Å²) >= 11 is 0. The number of aromatic hydroxyl groups is 5. The van der Waals surface area contributed by atoms with Gasteiger partial charge in [0.05, 0.1) is 30.1 Å². The third kappa shape index (κ3) is 5.40. The number of benzene rings is 2. The second kappa shape index (κ2) is 11.9. The standard InChI is InChI=1S/C27H24O19/c28-5-12-20-19(37)22(27(42-12)46-23(38)6-1-9(29)16(34)10(30)2-6)45-24(39)7-3-11(31)17(35)21-15(7)14(18(36)26(41)44-21)8(4-13(32)33)25(40)43-20/h1-3,8,12,14,18-20,22,27-31,34-37H,4-5H2,(H,32,33)/t8-,12+,14-,18-,19-,20+,22+,27-/m0/s1. The molecule has 1 fully saturated rings. The molecular formula is C27H24O19. The number of phenols is 5. The summed E-state index contributed by atoms with van der Waals surface area (Å²) in [4.78, 5) is 64.4. The average Bonchev–Trinajstić information content (AvgIpc) is 3.00. The molecule has 2 aromatic carbocycles. The van der Waals surface area contributed by atoms with Crippen molar-refractivity contribution in [1.29, 1.82) is 0 Å². The van der Waals surface area contributed by atoms with E-state index in [0.29, 0.717) is 18.2 Å². The van der Waals surface area contributed by atoms with Crippen LogP contribution in [0.25, 0.3) is 0 Å². The number of phenolic OH excluding ortho intramolecular Hbond substituents is 5. The van der Waals surface area contributed by atoms with Gasteiger partial charge in [0.15, 0.2) is 47.1 Å². The monoisotopic (exact) mass is 652 g/mol. The van der Waals surface area contributed by atoms with E-state index < -0.39 is 143 Å². The number of rotatable bonds is 5. The van der Waals surface area contributed by atoms with E-state index in [1.165, 1.54) is 0 Å². The number of aliphatic hydroxyl groups excluding tert-OH is 3. The fraction of sp³-hybridized carbons (Fsp3) is 0.370. The topological polar surface area (TPSA) is 314 Å². The zero-order valence-electron chi connectivity index (χ0n) is 22.9. The maximum absolute atomic E-state index is 13.6. The predicted molar refractivity (Wildman–Crippen MR) is 138 cm³/mol. The van der Waals surface area contributed by atoms with Crippen molar-refractivity contribution in [3.63, 3.8) is 0 Å². The number of carboxylic acids is 1. The van der Waals surface area contributed by atoms with Crippen LogP contribution in [0.15, 0.2) is 18.2 Å². The Morgan fingerprint density at radius 2 is 1.48 bits per heavy atom. The molecule has 19 heteroatoms. The van der Waals surface area contributed by atoms with Crippen LogP contribution < -0.4 is 4.74 Å². The first-order valence-corrected chi connectivity index (χ1v) is 13.2. The van der Waals surface area contributed by atoms with E-state index in [9.17, 15) is 69.9 Å². The molecule has 246 valence electrons. The smallest absolute Gasteiger partial charge is 0.341 e. The van der Waals surface area contributed by atoms with Crippen LogP contribution in [0.1, 0.15) is 38.6 Å². The SMILES string of the molecule is O=C(O)C[C@@H]1C(=O)O[C@H]2[C@H](O)[C@@H](OC(=O)c3cc(O)c(O)c4c3[C@H]1[C@H](O)C(=O)O4)[C@H](OC(=O)c1cc(O)c(O)c(O)c1)O[C@@H]2CO. The molecule has 2 bridgehead atoms. The van der Waals surface area contributed by atoms with Crippen LogP contribution in [-0.2, 0) is 33.3 Å². The largest absolute Gasteiger partial charge is 0.504 e. The molecule has 3 aliphatic rings. The highest BCUT2D eigenvalue weighted by molar-refractivity contribution is 5.97. The summed E-state index contributed by atoms with van der Waals surface area (Å²) in [5, 5.41) is 91.4. The Bertz CT molecular complexity index is 1610. The number of carbonyl (C=O) groups is 5. The zero-order chi connectivity index (χ0) is 33.8. The zero-order valence-corrected chi connectivity index (χ0v) is 22.9. The highest BCUT2D eigenvalue weighted by atomic mass is 16.7. The number of esters is 4. The normalized spacial score (nSPS) is 28.9. The van der Waals surface area contributed by atoms with Gasteiger partial charge in [-0.05, 0) is 18.2 Å². The number of fused-ring (bicyclic) bond motifs is 2. The number of hydrogen-bond donors (Lipinski definition) is 9. The molecule has 3 aliphatic heterocycles. The minimum atomic E-state index is -2.35. The van der Waals surface area contributed by atoms with E-state index in [1.807, 2.05) is 0 Å². The van der Waals surface area contributed by atoms with Crippen LogP contribution in [0.3, 0.4) is 0 Å². The average molecular weight is 652 g/mol. The van der Waals surface area contributed by atoms with Crippen LogP contribution in [0.5, 0.6) is 34.5 Å². The second-order valence-electron chi connectivity index (χ2n) is 10.4. The third-order valence-corrected chi connectivity index (χ3v) is 7.56. The van der Waals surface area contributed by atoms with Gasteiger partial charge in [0.25, 0.3) is 0 Å². The van der Waals surface area contributed by atoms with Gasteiger partial charge in [-0.3, -0.25) is 9.59 Å². The Balaban J connectivity index is 1.64. The Morgan fingerprint density at radius 3 is 2.09 bits per heavy atom. The molecule has 0 unspecified atom stereocenters. The van der Waals surface area contributed by atoms with Crippen molar-refractivity contribution in [2.75, 3.05) is 6.61 Å². The van der Waals surface area contributed by atoms with Gasteiger partial charge < -0.3 is 69.6 Å². The Labute approximate surface area is 254 Å². The van der Waals surface area contributed by atoms with Gasteiger partial charge in [0, 0.05) is 11.5 Å². The van der Waals surface area contributed by atoms with Crippen molar-refractivity contribution in [3.05, 3.63) is 34.9 Å². The Kier molecular flexibility index (Phi) is 8.26. The van der Waals surface area contributed by atoms with E-state index in [4.69, 9.17) is 23.7 Å². The van der Waals surface area contributed by atoms with Crippen molar-refractivity contribution in [2.24, 2.45) is 5.92 Å². The molecule has 0 amide bonds. The van der Waals surface area contributed by atoms with Crippen molar-refractivity contribution in [1.82, 2.24) is 0 Å². The maximum atomic E-state index is 13.6. The lowest BCUT2D eigenvalue weighted by molar-refractivity contribution is -0.288. The summed E-state index contributed by atoms with van der Waals surface area (Å²) in [7, 11) is 0. The lowest BCUT2D eigenvalue weighted by atomic mass is 9.76. The molecule has 3 heterocycles. The number of aliphatic hydroxyl groups is 3. The second-order valence-corrected chi connectivity index (χ2v) is 10.4. The highest BCUT2D eigenvalue weighted by Crippen LogP contribution is 2.51. The van der Waals surface area contributed by atoms with Crippen LogP contribution in [0, 0.1) is 5.92 Å². The van der Waals surface area contributed by atoms with Crippen LogP contribution >= 0.6 is 0 Å². The van der Waals surface area contributed by atoms with Crippen LogP contribution in [0.4, 0.5) is 0 Å². The molecule has 0 radical (unpaired) electrons. The fourth-order valence-corrected chi connectivity index (χ4v) is 5.40. The fourth-order valence-electron chi connectivity index (χ4n) is 5.40. The summed E-state index contributed by atoms with van der Waals surface area (Å²) < 4.78 is 26.2. The van der Waals surface area contributed by atoms with E-state index in [2.05, 4.69) is 0 Å². The van der Waals surface area contributed by atoms with Gasteiger partial charge in [-0.2, -0.15) is 0 Å². The molecule has 0 aliphatic carbocycles. The first kappa shape index (κ1) is 32.0. The third-order valence-electron chi connectivity index (χ3n) is 7.56. The van der Waals surface area contributed by atoms with E-state index in [-0.39, 0.29) is 0 Å². The van der Waals surface area contributed by atoms with Crippen molar-refractivity contribution >= 4 is 29.8 Å². The van der Waals surface area contributed by atoms with Gasteiger partial charge in [-0.1, -0.05) is 0 Å². The number of ether oxygens (including phenoxy) is 5. The number of hydrogen-bond acceptors (Lipinski definition) is 18. The minimum absolute atomic E-state index is 0.573. The number of carboxylic acid groups (broad SMARTS) is 1. The highest BCUT2D eigenvalue weighted by Gasteiger charge is 2.55. The molecule has 19 nitrogen and oxygen atoms in total. The molecule has 46 heavy (non-hydrogen) atoms. The molecule has 0 aromatic heterocycles. The van der Waals surface area contributed by atoms with E-state index >= 15 is 0 Å². The molecule has 2 aromatic rings. The van der Waals surface area contributed by atoms with E-state index in [0.717, 1.165) is 0 Å². The van der Waals surface area contributed by atoms with Crippen molar-refractivity contribution in [3.8, 4) is 34.5 Å². The van der Waals surface area contributed by atoms with Gasteiger partial charge in [0.1, 0.15) is 12.2 Å². The predicted octanol–water partition coefficient (Wildman–Crippen LogP) is -1.95. The molecule has 0 spiro atoms. The van der Waals surface area contributed by atoms with Gasteiger partial charge >= 0.3 is 29.8 Å². The van der Waals surface area contributed by atoms with Gasteiger partial charge in [-0.15, -0.1) is 0 Å². The lowest BCUT2D eigenvalue weighted by Crippen LogP contribution is -2.62. The quantitative estimate of drug-likeness (QED) is 0.0733. The van der Waals surface area contributed by atoms with Gasteiger partial charge in [-0.25, -0.2) is 14.4 Å². The first-order chi connectivity index (χ1) is 21.6. The molecular weight excluding hydrogens is 628 g/mol. The molecule has 0 saturated carbocycles. The van der Waals surface area contributed by atoms with Crippen LogP contribution in [0.2, 0.25) is 0 Å². The number of carbonyl (C=O) groups excluding carboxylic acids is 4. The minimum Gasteiger partial charge on any atom is -0.504 e. The first-order valence-electron chi connectivity index (χ1n) is 13.2. The van der Waals surface area contributed by atoms with Crippen LogP contribution in [-0.4, -0.2) is 119 Å². The van der Waals surface area contributed by atoms with Crippen molar-refractivity contribution in [2.45, 2.75) is 49.1 Å². The number of aliphatic carboxylic acids is 1. The lowest BCUT2D eigenvalue weighted by Gasteiger charge is -2.42. The maximum Gasteiger partial charge on any atom is 0.341 e. The Morgan fingerprint density at radius 1 is 0.848 bits per heavy atom. The van der Waals surface area contributed by atoms with Gasteiger partial charge in [0.2, 0.25) is 12.0 Å². The molecule has 5 rings (SSSR count). The molecule has 8 atom stereocenters. The summed E-state index contributed by atoms with van der Waals surface area (Å²) in [6.45, 7) is -1.06. The summed E-state index contributed by atoms with van der Waals surface area (Å²) in [6, 6.07) is 1.92. The summed E-state index contributed by atoms with van der Waals surface area (Å²) in [6.07, 6.45) is -13.7. The van der Waals surface area contributed by atoms with E-state index in [1.54, 1.807) is 0 Å². The summed E-state index contributed by atoms with van der Waals surface area (Å²) in [5.74, 6) is -17.6. The molecule has 9 N–H and O–H groups in total. The molecule has 1 saturated heterocycles. The van der Waals surface area contributed by atoms with Crippen molar-refractivity contribution < 1.29 is 93.6 Å².